The molecule has 0 radical (unpaired) electrons. The molecular weight excluding hydrogens is 216 g/mol. The molecule has 0 aliphatic carbocycles. The Kier molecular flexibility index (Phi) is 9.77. The molecule has 0 aromatic heterocycles. The molecule has 0 aromatic carbocycles. The van der Waals surface area contributed by atoms with Crippen molar-refractivity contribution in [3.8, 4) is 0 Å². The third kappa shape index (κ3) is 12.1. The molecule has 0 saturated heterocycles. The van der Waals surface area contributed by atoms with Crippen LogP contribution in [0, 0.1) is 0 Å². The van der Waals surface area contributed by atoms with Gasteiger partial charge in [0.1, 0.15) is 0 Å². The molecule has 0 rings (SSSR count). The van der Waals surface area contributed by atoms with Crippen LogP contribution in [0.2, 0.25) is 0 Å². The first-order valence-corrected chi connectivity index (χ1v) is 7.34. The van der Waals surface area contributed by atoms with Crippen molar-refractivity contribution in [2.75, 3.05) is 24.6 Å². The van der Waals surface area contributed by atoms with Crippen LogP contribution < -0.4 is 10.6 Å². The fourth-order valence-electron chi connectivity index (χ4n) is 0.776. The summed E-state index contributed by atoms with van der Waals surface area (Å²) in [5.74, 6) is 2.14. The normalized spacial score (nSPS) is 10.6. The van der Waals surface area contributed by atoms with Crippen molar-refractivity contribution in [3.63, 3.8) is 0 Å². The van der Waals surface area contributed by atoms with Crippen LogP contribution in [0.5, 0.6) is 0 Å². The number of nitrogens with one attached hydrogen (secondary N) is 2. The van der Waals surface area contributed by atoms with Gasteiger partial charge >= 0.3 is 0 Å². The van der Waals surface area contributed by atoms with Crippen molar-refractivity contribution in [2.45, 2.75) is 26.8 Å². The van der Waals surface area contributed by atoms with Gasteiger partial charge in [0, 0.05) is 37.6 Å². The minimum Gasteiger partial charge on any atom is -0.355 e. The molecule has 5 heteroatoms. The van der Waals surface area contributed by atoms with Gasteiger partial charge < -0.3 is 10.6 Å². The van der Waals surface area contributed by atoms with Gasteiger partial charge in [-0.3, -0.25) is 4.79 Å². The van der Waals surface area contributed by atoms with E-state index in [-0.39, 0.29) is 5.91 Å². The average Bonchev–Trinajstić information content (AvgIpc) is 2.08. The maximum absolute atomic E-state index is 10.5. The molecule has 84 valence electrons. The molecular formula is C9H20N2OS2. The molecule has 14 heavy (non-hydrogen) atoms. The first kappa shape index (κ1) is 14.1. The van der Waals surface area contributed by atoms with Gasteiger partial charge in [0.25, 0.3) is 0 Å². The number of amides is 1. The highest BCUT2D eigenvalue weighted by molar-refractivity contribution is 8.76. The highest BCUT2D eigenvalue weighted by Crippen LogP contribution is 2.19. The molecule has 0 fully saturated rings. The van der Waals surface area contributed by atoms with Crippen LogP contribution in [-0.4, -0.2) is 36.5 Å². The highest BCUT2D eigenvalue weighted by Gasteiger charge is 1.94. The lowest BCUT2D eigenvalue weighted by Gasteiger charge is -2.06. The second kappa shape index (κ2) is 9.68. The lowest BCUT2D eigenvalue weighted by molar-refractivity contribution is -0.118. The molecule has 1 amide bonds. The van der Waals surface area contributed by atoms with E-state index >= 15 is 0 Å². The van der Waals surface area contributed by atoms with E-state index in [0.717, 1.165) is 24.6 Å². The van der Waals surface area contributed by atoms with Crippen LogP contribution in [0.3, 0.4) is 0 Å². The average molecular weight is 236 g/mol. The van der Waals surface area contributed by atoms with Crippen molar-refractivity contribution in [3.05, 3.63) is 0 Å². The van der Waals surface area contributed by atoms with E-state index in [1.165, 1.54) is 0 Å². The van der Waals surface area contributed by atoms with Gasteiger partial charge in [0.05, 0.1) is 0 Å². The first-order valence-electron chi connectivity index (χ1n) is 4.85. The standard InChI is InChI=1S/C9H20N2OS2/c1-8(2)10-4-6-13-14-7-5-11-9(3)12/h8,10H,4-7H2,1-3H3,(H,11,12). The van der Waals surface area contributed by atoms with Crippen LogP contribution in [0.25, 0.3) is 0 Å². The van der Waals surface area contributed by atoms with Crippen LogP contribution in [0.15, 0.2) is 0 Å². The van der Waals surface area contributed by atoms with Gasteiger partial charge in [0.15, 0.2) is 0 Å². The zero-order valence-electron chi connectivity index (χ0n) is 9.13. The van der Waals surface area contributed by atoms with Gasteiger partial charge in [-0.2, -0.15) is 0 Å². The number of hydrogen-bond acceptors (Lipinski definition) is 4. The summed E-state index contributed by atoms with van der Waals surface area (Å²) < 4.78 is 0. The summed E-state index contributed by atoms with van der Waals surface area (Å²) in [6, 6.07) is 0.569. The quantitative estimate of drug-likeness (QED) is 0.495. The van der Waals surface area contributed by atoms with Crippen LogP contribution in [0.4, 0.5) is 0 Å². The summed E-state index contributed by atoms with van der Waals surface area (Å²) in [6.07, 6.45) is 0. The van der Waals surface area contributed by atoms with Crippen LogP contribution in [0.1, 0.15) is 20.8 Å². The van der Waals surface area contributed by atoms with Crippen molar-refractivity contribution < 1.29 is 4.79 Å². The van der Waals surface area contributed by atoms with E-state index in [1.54, 1.807) is 6.92 Å². The fraction of sp³-hybridized carbons (Fsp3) is 0.889. The SMILES string of the molecule is CC(=O)NCCSSCCNC(C)C. The Labute approximate surface area is 94.6 Å². The predicted molar refractivity (Wildman–Crippen MR) is 66.7 cm³/mol. The van der Waals surface area contributed by atoms with Crippen molar-refractivity contribution in [1.29, 1.82) is 0 Å². The Morgan fingerprint density at radius 1 is 1.21 bits per heavy atom. The van der Waals surface area contributed by atoms with Gasteiger partial charge in [-0.25, -0.2) is 0 Å². The summed E-state index contributed by atoms with van der Waals surface area (Å²) in [4.78, 5) is 10.5. The fourth-order valence-corrected chi connectivity index (χ4v) is 2.61. The molecule has 0 aliphatic heterocycles. The Bertz CT molecular complexity index is 154. The first-order chi connectivity index (χ1) is 6.63. The van der Waals surface area contributed by atoms with E-state index in [4.69, 9.17) is 0 Å². The lowest BCUT2D eigenvalue weighted by Crippen LogP contribution is -2.25. The third-order valence-corrected chi connectivity index (χ3v) is 3.79. The van der Waals surface area contributed by atoms with Gasteiger partial charge in [-0.1, -0.05) is 35.4 Å². The minimum atomic E-state index is 0.0528. The molecule has 3 nitrogen and oxygen atoms in total. The molecule has 0 spiro atoms. The molecule has 0 saturated carbocycles. The lowest BCUT2D eigenvalue weighted by atomic mass is 10.4. The molecule has 0 bridgehead atoms. The van der Waals surface area contributed by atoms with Gasteiger partial charge in [0.2, 0.25) is 5.91 Å². The monoisotopic (exact) mass is 236 g/mol. The highest BCUT2D eigenvalue weighted by atomic mass is 33.1. The number of carbonyl (C=O) groups excluding carboxylic acids is 1. The zero-order valence-corrected chi connectivity index (χ0v) is 10.8. The smallest absolute Gasteiger partial charge is 0.216 e. The van der Waals surface area contributed by atoms with Gasteiger partial charge in [-0.05, 0) is 0 Å². The third-order valence-electron chi connectivity index (χ3n) is 1.38. The maximum Gasteiger partial charge on any atom is 0.216 e. The Balaban J connectivity index is 2.96. The summed E-state index contributed by atoms with van der Waals surface area (Å²) in [6.45, 7) is 7.66. The molecule has 0 aliphatic rings. The molecule has 0 unspecified atom stereocenters. The minimum absolute atomic E-state index is 0.0528. The van der Waals surface area contributed by atoms with E-state index in [9.17, 15) is 4.79 Å². The summed E-state index contributed by atoms with van der Waals surface area (Å²) in [5.41, 5.74) is 0. The van der Waals surface area contributed by atoms with E-state index < -0.39 is 0 Å². The Morgan fingerprint density at radius 3 is 2.29 bits per heavy atom. The Morgan fingerprint density at radius 2 is 1.79 bits per heavy atom. The predicted octanol–water partition coefficient (Wildman–Crippen LogP) is 1.50. The largest absolute Gasteiger partial charge is 0.355 e. The summed E-state index contributed by atoms with van der Waals surface area (Å²) in [7, 11) is 3.66. The second-order valence-electron chi connectivity index (χ2n) is 3.24. The van der Waals surface area contributed by atoms with Crippen LogP contribution >= 0.6 is 21.6 Å². The second-order valence-corrected chi connectivity index (χ2v) is 5.94. The topological polar surface area (TPSA) is 41.1 Å². The van der Waals surface area contributed by atoms with Crippen LogP contribution in [-0.2, 0) is 4.79 Å². The number of rotatable bonds is 8. The molecule has 2 N–H and O–H groups in total. The van der Waals surface area contributed by atoms with Crippen molar-refractivity contribution >= 4 is 27.5 Å². The van der Waals surface area contributed by atoms with Gasteiger partial charge in [-0.15, -0.1) is 0 Å². The van der Waals surface area contributed by atoms with Crippen molar-refractivity contribution in [2.24, 2.45) is 0 Å². The van der Waals surface area contributed by atoms with E-state index in [0.29, 0.717) is 6.04 Å². The zero-order chi connectivity index (χ0) is 10.8. The summed E-state index contributed by atoms with van der Waals surface area (Å²) in [5, 5.41) is 6.12. The Hall–Kier alpha value is 0.130. The van der Waals surface area contributed by atoms with E-state index in [2.05, 4.69) is 24.5 Å². The van der Waals surface area contributed by atoms with Crippen molar-refractivity contribution in [1.82, 2.24) is 10.6 Å². The maximum atomic E-state index is 10.5. The molecule has 0 heterocycles. The summed E-state index contributed by atoms with van der Waals surface area (Å²) >= 11 is 0. The molecule has 0 aromatic rings. The number of hydrogen-bond donors (Lipinski definition) is 2. The number of carbonyl (C=O) groups is 1. The molecule has 0 atom stereocenters. The van der Waals surface area contributed by atoms with E-state index in [1.807, 2.05) is 21.6 Å².